The summed E-state index contributed by atoms with van der Waals surface area (Å²) in [6, 6.07) is -1.04. The van der Waals surface area contributed by atoms with Crippen molar-refractivity contribution in [1.82, 2.24) is 0 Å². The summed E-state index contributed by atoms with van der Waals surface area (Å²) in [4.78, 5) is 10.5. The number of nitrogens with two attached hydrogens (primary N) is 3. The summed E-state index contributed by atoms with van der Waals surface area (Å²) in [5, 5.41) is 8.59. The van der Waals surface area contributed by atoms with Crippen LogP contribution in [0.3, 0.4) is 0 Å². The highest BCUT2D eigenvalue weighted by Gasteiger charge is 2.17. The van der Waals surface area contributed by atoms with Gasteiger partial charge in [0.1, 0.15) is 6.04 Å². The van der Waals surface area contributed by atoms with E-state index in [1.165, 1.54) is 0 Å². The van der Waals surface area contributed by atoms with E-state index in [4.69, 9.17) is 22.3 Å². The van der Waals surface area contributed by atoms with Crippen LogP contribution in [0, 0.1) is 0 Å². The third-order valence-electron chi connectivity index (χ3n) is 2.41. The largest absolute Gasteiger partial charge is 0.480 e. The zero-order valence-corrected chi connectivity index (χ0v) is 9.36. The van der Waals surface area contributed by atoms with Crippen LogP contribution >= 0.6 is 0 Å². The van der Waals surface area contributed by atoms with E-state index in [1.807, 2.05) is 0 Å². The van der Waals surface area contributed by atoms with Gasteiger partial charge in [0, 0.05) is 12.1 Å². The molecule has 90 valence electrons. The SMILES string of the molecule is CCCCC(N)CC(N)CC(N)C(=O)O. The number of aliphatic carboxylic acids is 1. The molecule has 0 aliphatic carbocycles. The van der Waals surface area contributed by atoms with Crippen molar-refractivity contribution in [2.45, 2.75) is 57.2 Å². The molecule has 7 N–H and O–H groups in total. The van der Waals surface area contributed by atoms with Crippen LogP contribution in [0.4, 0.5) is 0 Å². The van der Waals surface area contributed by atoms with E-state index < -0.39 is 12.0 Å². The molecule has 0 saturated carbocycles. The van der Waals surface area contributed by atoms with Gasteiger partial charge in [-0.1, -0.05) is 19.8 Å². The van der Waals surface area contributed by atoms with Gasteiger partial charge >= 0.3 is 5.97 Å². The van der Waals surface area contributed by atoms with E-state index in [-0.39, 0.29) is 18.5 Å². The van der Waals surface area contributed by atoms with Gasteiger partial charge in [-0.2, -0.15) is 0 Å². The minimum atomic E-state index is -1.01. The zero-order valence-electron chi connectivity index (χ0n) is 9.36. The Hall–Kier alpha value is -0.650. The molecule has 0 fully saturated rings. The molecule has 0 aromatic carbocycles. The summed E-state index contributed by atoms with van der Waals surface area (Å²) in [6.45, 7) is 2.10. The van der Waals surface area contributed by atoms with Gasteiger partial charge in [-0.05, 0) is 19.3 Å². The van der Waals surface area contributed by atoms with Gasteiger partial charge in [-0.25, -0.2) is 0 Å². The lowest BCUT2D eigenvalue weighted by molar-refractivity contribution is -0.138. The van der Waals surface area contributed by atoms with Crippen LogP contribution in [0.15, 0.2) is 0 Å². The first kappa shape index (κ1) is 14.3. The van der Waals surface area contributed by atoms with Gasteiger partial charge in [-0.3, -0.25) is 4.79 Å². The Morgan fingerprint density at radius 1 is 1.20 bits per heavy atom. The monoisotopic (exact) mass is 217 g/mol. The normalized spacial score (nSPS) is 17.1. The summed E-state index contributed by atoms with van der Waals surface area (Å²) in [7, 11) is 0. The average Bonchev–Trinajstić information content (AvgIpc) is 2.14. The molecule has 3 unspecified atom stereocenters. The van der Waals surface area contributed by atoms with Gasteiger partial charge < -0.3 is 22.3 Å². The number of carbonyl (C=O) groups is 1. The first-order valence-corrected chi connectivity index (χ1v) is 5.46. The number of hydrogen-bond donors (Lipinski definition) is 4. The van der Waals surface area contributed by atoms with Crippen LogP contribution in [0.1, 0.15) is 39.0 Å². The van der Waals surface area contributed by atoms with Crippen molar-refractivity contribution in [3.05, 3.63) is 0 Å². The second kappa shape index (κ2) is 7.62. The number of carboxylic acids is 1. The van der Waals surface area contributed by atoms with Gasteiger partial charge in [-0.15, -0.1) is 0 Å². The fourth-order valence-electron chi connectivity index (χ4n) is 1.50. The van der Waals surface area contributed by atoms with Crippen molar-refractivity contribution in [1.29, 1.82) is 0 Å². The highest BCUT2D eigenvalue weighted by molar-refractivity contribution is 5.73. The topological polar surface area (TPSA) is 115 Å². The van der Waals surface area contributed by atoms with Crippen LogP contribution in [-0.4, -0.2) is 29.2 Å². The minimum absolute atomic E-state index is 0.0564. The van der Waals surface area contributed by atoms with Crippen molar-refractivity contribution >= 4 is 5.97 Å². The Morgan fingerprint density at radius 2 is 1.80 bits per heavy atom. The summed E-state index contributed by atoms with van der Waals surface area (Å²) in [5.74, 6) is -1.01. The Morgan fingerprint density at radius 3 is 2.27 bits per heavy atom. The van der Waals surface area contributed by atoms with Gasteiger partial charge in [0.25, 0.3) is 0 Å². The predicted molar refractivity (Wildman–Crippen MR) is 60.3 cm³/mol. The zero-order chi connectivity index (χ0) is 11.8. The Bertz CT molecular complexity index is 188. The molecule has 0 radical (unpaired) electrons. The molecule has 0 heterocycles. The maximum Gasteiger partial charge on any atom is 0.320 e. The van der Waals surface area contributed by atoms with Gasteiger partial charge in [0.15, 0.2) is 0 Å². The lowest BCUT2D eigenvalue weighted by atomic mass is 9.98. The number of hydrogen-bond acceptors (Lipinski definition) is 4. The summed E-state index contributed by atoms with van der Waals surface area (Å²) >= 11 is 0. The molecule has 0 aromatic rings. The van der Waals surface area contributed by atoms with Crippen LogP contribution in [0.25, 0.3) is 0 Å². The van der Waals surface area contributed by atoms with Crippen molar-refractivity contribution in [3.8, 4) is 0 Å². The van der Waals surface area contributed by atoms with Gasteiger partial charge in [0.2, 0.25) is 0 Å². The molecule has 5 heteroatoms. The average molecular weight is 217 g/mol. The molecule has 0 rings (SSSR count). The third kappa shape index (κ3) is 7.30. The second-order valence-electron chi connectivity index (χ2n) is 4.08. The summed E-state index contributed by atoms with van der Waals surface area (Å²) in [5.41, 5.74) is 17.0. The van der Waals surface area contributed by atoms with E-state index in [9.17, 15) is 4.79 Å². The molecular weight excluding hydrogens is 194 g/mol. The van der Waals surface area contributed by atoms with Crippen LogP contribution < -0.4 is 17.2 Å². The highest BCUT2D eigenvalue weighted by Crippen LogP contribution is 2.07. The van der Waals surface area contributed by atoms with Gasteiger partial charge in [0.05, 0.1) is 0 Å². The Balaban J connectivity index is 3.72. The first-order valence-electron chi connectivity index (χ1n) is 5.46. The standard InChI is InChI=1S/C10H23N3O2/c1-2-3-4-7(11)5-8(12)6-9(13)10(14)15/h7-9H,2-6,11-13H2,1H3,(H,14,15). The quantitative estimate of drug-likeness (QED) is 0.457. The number of rotatable bonds is 8. The molecule has 0 amide bonds. The molecule has 0 aliphatic heterocycles. The summed E-state index contributed by atoms with van der Waals surface area (Å²) in [6.07, 6.45) is 4.05. The molecule has 5 nitrogen and oxygen atoms in total. The van der Waals surface area contributed by atoms with E-state index >= 15 is 0 Å². The van der Waals surface area contributed by atoms with Crippen molar-refractivity contribution in [2.75, 3.05) is 0 Å². The number of carboxylic acid groups (broad SMARTS) is 1. The van der Waals surface area contributed by atoms with Crippen LogP contribution in [-0.2, 0) is 4.79 Å². The molecule has 0 spiro atoms. The van der Waals surface area contributed by atoms with E-state index in [0.717, 1.165) is 19.3 Å². The lowest BCUT2D eigenvalue weighted by Crippen LogP contribution is -2.40. The molecule has 15 heavy (non-hydrogen) atoms. The van der Waals surface area contributed by atoms with E-state index in [1.54, 1.807) is 0 Å². The lowest BCUT2D eigenvalue weighted by Gasteiger charge is -2.18. The number of unbranched alkanes of at least 4 members (excludes halogenated alkanes) is 1. The molecular formula is C10H23N3O2. The minimum Gasteiger partial charge on any atom is -0.480 e. The van der Waals surface area contributed by atoms with E-state index in [2.05, 4.69) is 6.92 Å². The van der Waals surface area contributed by atoms with Crippen LogP contribution in [0.2, 0.25) is 0 Å². The molecule has 0 saturated heterocycles. The van der Waals surface area contributed by atoms with Crippen molar-refractivity contribution in [3.63, 3.8) is 0 Å². The highest BCUT2D eigenvalue weighted by atomic mass is 16.4. The smallest absolute Gasteiger partial charge is 0.320 e. The maximum atomic E-state index is 10.5. The fraction of sp³-hybridized carbons (Fsp3) is 0.900. The van der Waals surface area contributed by atoms with Crippen molar-refractivity contribution in [2.24, 2.45) is 17.2 Å². The predicted octanol–water partition coefficient (Wildman–Crippen LogP) is 0.0233. The fourth-order valence-corrected chi connectivity index (χ4v) is 1.50. The maximum absolute atomic E-state index is 10.5. The summed E-state index contributed by atoms with van der Waals surface area (Å²) < 4.78 is 0. The Labute approximate surface area is 91.0 Å². The molecule has 0 bridgehead atoms. The van der Waals surface area contributed by atoms with E-state index in [0.29, 0.717) is 6.42 Å². The first-order chi connectivity index (χ1) is 6.97. The Kier molecular flexibility index (Phi) is 7.29. The van der Waals surface area contributed by atoms with Crippen molar-refractivity contribution < 1.29 is 9.90 Å². The third-order valence-corrected chi connectivity index (χ3v) is 2.41. The molecule has 0 aliphatic rings. The second-order valence-corrected chi connectivity index (χ2v) is 4.08. The molecule has 0 aromatic heterocycles. The van der Waals surface area contributed by atoms with Crippen LogP contribution in [0.5, 0.6) is 0 Å². The molecule has 3 atom stereocenters.